The van der Waals surface area contributed by atoms with Gasteiger partial charge in [0.2, 0.25) is 0 Å². The number of nitrogens with one attached hydrogen (secondary N) is 1. The topological polar surface area (TPSA) is 39.0 Å². The van der Waals surface area contributed by atoms with E-state index in [0.29, 0.717) is 24.3 Å². The van der Waals surface area contributed by atoms with Crippen molar-refractivity contribution in [2.75, 3.05) is 13.1 Å². The van der Waals surface area contributed by atoms with Crippen molar-refractivity contribution in [1.82, 2.24) is 14.5 Å². The van der Waals surface area contributed by atoms with Crippen molar-refractivity contribution in [1.29, 1.82) is 0 Å². The Balaban J connectivity index is 1.91. The fourth-order valence-corrected chi connectivity index (χ4v) is 3.03. The molecule has 1 aromatic heterocycles. The van der Waals surface area contributed by atoms with Gasteiger partial charge in [-0.15, -0.1) is 0 Å². The van der Waals surface area contributed by atoms with E-state index < -0.39 is 11.7 Å². The first kappa shape index (κ1) is 15.0. The third-order valence-electron chi connectivity index (χ3n) is 4.36. The van der Waals surface area contributed by atoms with Gasteiger partial charge in [-0.1, -0.05) is 12.1 Å². The molecule has 0 saturated carbocycles. The van der Waals surface area contributed by atoms with E-state index in [4.69, 9.17) is 0 Å². The van der Waals surface area contributed by atoms with Crippen LogP contribution in [0.25, 0.3) is 16.7 Å². The van der Waals surface area contributed by atoms with Gasteiger partial charge in [-0.05, 0) is 36.4 Å². The molecular formula is C17H14F3N3O. The molecule has 2 heterocycles. The zero-order valence-corrected chi connectivity index (χ0v) is 12.5. The van der Waals surface area contributed by atoms with Gasteiger partial charge in [0.15, 0.2) is 0 Å². The summed E-state index contributed by atoms with van der Waals surface area (Å²) < 4.78 is 41.4. The molecule has 124 valence electrons. The third kappa shape index (κ3) is 2.24. The number of para-hydroxylation sites is 2. The molecule has 0 unspecified atom stereocenters. The number of nitrogens with zero attached hydrogens (tertiary/aromatic N) is 2. The average Bonchev–Trinajstić information content (AvgIpc) is 2.78. The van der Waals surface area contributed by atoms with Crippen molar-refractivity contribution in [3.63, 3.8) is 0 Å². The molecule has 0 spiro atoms. The third-order valence-corrected chi connectivity index (χ3v) is 4.36. The van der Waals surface area contributed by atoms with E-state index in [9.17, 15) is 18.0 Å². The van der Waals surface area contributed by atoms with Gasteiger partial charge >= 0.3 is 11.9 Å². The fourth-order valence-electron chi connectivity index (χ4n) is 3.03. The summed E-state index contributed by atoms with van der Waals surface area (Å²) in [6.45, 7) is 1.42. The summed E-state index contributed by atoms with van der Waals surface area (Å²) >= 11 is 0. The van der Waals surface area contributed by atoms with Crippen LogP contribution in [0.5, 0.6) is 0 Å². The van der Waals surface area contributed by atoms with Crippen molar-refractivity contribution >= 4 is 11.0 Å². The van der Waals surface area contributed by atoms with Crippen molar-refractivity contribution in [2.24, 2.45) is 0 Å². The fraction of sp³-hybridized carbons (Fsp3) is 0.235. The van der Waals surface area contributed by atoms with Gasteiger partial charge < -0.3 is 5.32 Å². The van der Waals surface area contributed by atoms with Crippen molar-refractivity contribution in [3.8, 4) is 5.69 Å². The highest BCUT2D eigenvalue weighted by atomic mass is 19.4. The Bertz CT molecular complexity index is 950. The smallest absolute Gasteiger partial charge is 0.313 e. The number of benzene rings is 2. The van der Waals surface area contributed by atoms with E-state index in [1.165, 1.54) is 16.7 Å². The zero-order chi connectivity index (χ0) is 16.9. The number of aromatic nitrogens is 2. The number of hydrogen-bond donors (Lipinski definition) is 1. The quantitative estimate of drug-likeness (QED) is 0.783. The molecule has 1 N–H and O–H groups in total. The van der Waals surface area contributed by atoms with Crippen molar-refractivity contribution in [2.45, 2.75) is 12.2 Å². The minimum absolute atomic E-state index is 0.0677. The van der Waals surface area contributed by atoms with Gasteiger partial charge in [-0.2, -0.15) is 13.2 Å². The van der Waals surface area contributed by atoms with E-state index in [0.717, 1.165) is 17.6 Å². The first-order valence-corrected chi connectivity index (χ1v) is 7.57. The molecule has 3 aromatic rings. The van der Waals surface area contributed by atoms with Gasteiger partial charge in [0.05, 0.1) is 28.3 Å². The Labute approximate surface area is 135 Å². The molecule has 0 amide bonds. The second kappa shape index (κ2) is 5.24. The monoisotopic (exact) mass is 333 g/mol. The molecule has 0 atom stereocenters. The first-order chi connectivity index (χ1) is 11.5. The van der Waals surface area contributed by atoms with Crippen LogP contribution in [0, 0.1) is 0 Å². The normalized spacial score (nSPS) is 15.6. The molecule has 0 bridgehead atoms. The molecular weight excluding hydrogens is 319 g/mol. The van der Waals surface area contributed by atoms with Crippen LogP contribution in [0.2, 0.25) is 0 Å². The van der Waals surface area contributed by atoms with Crippen LogP contribution in [-0.4, -0.2) is 22.2 Å². The Morgan fingerprint density at radius 2 is 1.58 bits per heavy atom. The van der Waals surface area contributed by atoms with Gasteiger partial charge in [-0.3, -0.25) is 9.13 Å². The summed E-state index contributed by atoms with van der Waals surface area (Å²) in [5, 5.41) is 3.13. The van der Waals surface area contributed by atoms with Crippen LogP contribution in [0.3, 0.4) is 0 Å². The second-order valence-electron chi connectivity index (χ2n) is 5.83. The lowest BCUT2D eigenvalue weighted by Gasteiger charge is -2.28. The standard InChI is InChI=1S/C17H14F3N3O/c18-17(19,20)11-5-7-12(8-6-11)22-14-3-1-2-4-15(14)23(16(22)24)13-9-21-10-13/h1-8,13,21H,9-10H2. The van der Waals surface area contributed by atoms with E-state index in [-0.39, 0.29) is 11.7 Å². The zero-order valence-electron chi connectivity index (χ0n) is 12.5. The maximum absolute atomic E-state index is 12.9. The lowest BCUT2D eigenvalue weighted by atomic mass is 10.1. The van der Waals surface area contributed by atoms with Crippen LogP contribution in [0.1, 0.15) is 11.6 Å². The largest absolute Gasteiger partial charge is 0.416 e. The van der Waals surface area contributed by atoms with E-state index >= 15 is 0 Å². The van der Waals surface area contributed by atoms with Gasteiger partial charge in [0.25, 0.3) is 0 Å². The highest BCUT2D eigenvalue weighted by Gasteiger charge is 2.30. The van der Waals surface area contributed by atoms with Crippen molar-refractivity contribution in [3.05, 3.63) is 64.6 Å². The van der Waals surface area contributed by atoms with Crippen LogP contribution in [0.4, 0.5) is 13.2 Å². The Kier molecular flexibility index (Phi) is 3.28. The van der Waals surface area contributed by atoms with E-state index in [1.54, 1.807) is 10.6 Å². The summed E-state index contributed by atoms with van der Waals surface area (Å²) in [5.74, 6) is 0. The number of hydrogen-bond acceptors (Lipinski definition) is 2. The predicted octanol–water partition coefficient (Wildman–Crippen LogP) is 2.96. The van der Waals surface area contributed by atoms with Crippen LogP contribution in [-0.2, 0) is 6.18 Å². The van der Waals surface area contributed by atoms with E-state index in [1.807, 2.05) is 18.2 Å². The number of rotatable bonds is 2. The number of imidazole rings is 1. The molecule has 1 aliphatic heterocycles. The maximum atomic E-state index is 12.9. The van der Waals surface area contributed by atoms with Crippen LogP contribution < -0.4 is 11.0 Å². The molecule has 7 heteroatoms. The summed E-state index contributed by atoms with van der Waals surface area (Å²) in [7, 11) is 0. The number of alkyl halides is 3. The summed E-state index contributed by atoms with van der Waals surface area (Å²) in [6, 6.07) is 12.1. The van der Waals surface area contributed by atoms with Crippen LogP contribution >= 0.6 is 0 Å². The van der Waals surface area contributed by atoms with Crippen LogP contribution in [0.15, 0.2) is 53.3 Å². The number of fused-ring (bicyclic) bond motifs is 1. The van der Waals surface area contributed by atoms with Gasteiger partial charge in [0, 0.05) is 13.1 Å². The number of halogens is 3. The lowest BCUT2D eigenvalue weighted by molar-refractivity contribution is -0.137. The summed E-state index contributed by atoms with van der Waals surface area (Å²) in [4.78, 5) is 12.9. The van der Waals surface area contributed by atoms with Crippen molar-refractivity contribution < 1.29 is 13.2 Å². The molecule has 1 fully saturated rings. The second-order valence-corrected chi connectivity index (χ2v) is 5.83. The predicted molar refractivity (Wildman–Crippen MR) is 84.4 cm³/mol. The summed E-state index contributed by atoms with van der Waals surface area (Å²) in [6.07, 6.45) is -4.39. The first-order valence-electron chi connectivity index (χ1n) is 7.57. The minimum Gasteiger partial charge on any atom is -0.313 e. The molecule has 0 radical (unpaired) electrons. The Hall–Kier alpha value is -2.54. The highest BCUT2D eigenvalue weighted by molar-refractivity contribution is 5.78. The molecule has 24 heavy (non-hydrogen) atoms. The molecule has 1 saturated heterocycles. The van der Waals surface area contributed by atoms with Gasteiger partial charge in [-0.25, -0.2) is 4.79 Å². The Morgan fingerprint density at radius 1 is 0.958 bits per heavy atom. The Morgan fingerprint density at radius 3 is 2.12 bits per heavy atom. The molecule has 1 aliphatic rings. The SMILES string of the molecule is O=c1n(-c2ccc(C(F)(F)F)cc2)c2ccccc2n1C1CNC1. The lowest BCUT2D eigenvalue weighted by Crippen LogP contribution is -2.46. The maximum Gasteiger partial charge on any atom is 0.416 e. The summed E-state index contributed by atoms with van der Waals surface area (Å²) in [5.41, 5.74) is 0.937. The average molecular weight is 333 g/mol. The molecule has 4 rings (SSSR count). The van der Waals surface area contributed by atoms with Gasteiger partial charge in [0.1, 0.15) is 0 Å². The molecule has 4 nitrogen and oxygen atoms in total. The molecule has 2 aromatic carbocycles. The minimum atomic E-state index is -4.39. The molecule has 0 aliphatic carbocycles. The van der Waals surface area contributed by atoms with E-state index in [2.05, 4.69) is 5.32 Å². The highest BCUT2D eigenvalue weighted by Crippen LogP contribution is 2.30.